The van der Waals surface area contributed by atoms with Crippen LogP contribution in [0.2, 0.25) is 0 Å². The van der Waals surface area contributed by atoms with E-state index in [-0.39, 0.29) is 5.56 Å². The molecule has 0 atom stereocenters. The van der Waals surface area contributed by atoms with Gasteiger partial charge in [0.15, 0.2) is 0 Å². The average Bonchev–Trinajstić information content (AvgIpc) is 2.53. The quantitative estimate of drug-likeness (QED) is 0.463. The predicted octanol–water partition coefficient (Wildman–Crippen LogP) is 4.38. The standard InChI is InChI=1S/C17H12BrNO3/c1-10-8-11(5-7-15(10)22-3)16(20)17(21)12-4-6-14(19-2)13(18)9-12/h4-9H,1,3H3. The van der Waals surface area contributed by atoms with E-state index < -0.39 is 11.6 Å². The van der Waals surface area contributed by atoms with E-state index in [2.05, 4.69) is 20.8 Å². The van der Waals surface area contributed by atoms with Gasteiger partial charge in [-0.1, -0.05) is 28.1 Å². The Kier molecular flexibility index (Phi) is 4.74. The first-order valence-corrected chi connectivity index (χ1v) is 7.18. The number of ketones is 2. The van der Waals surface area contributed by atoms with Crippen molar-refractivity contribution in [2.24, 2.45) is 0 Å². The molecule has 0 aliphatic heterocycles. The fraction of sp³-hybridized carbons (Fsp3) is 0.118. The highest BCUT2D eigenvalue weighted by Gasteiger charge is 2.19. The number of ether oxygens (including phenoxy) is 1. The number of carbonyl (C=O) groups is 2. The largest absolute Gasteiger partial charge is 0.496 e. The molecule has 22 heavy (non-hydrogen) atoms. The molecule has 0 heterocycles. The van der Waals surface area contributed by atoms with Gasteiger partial charge in [0.05, 0.1) is 13.7 Å². The second-order valence-electron chi connectivity index (χ2n) is 4.62. The lowest BCUT2D eigenvalue weighted by Gasteiger charge is -2.07. The molecule has 0 aromatic heterocycles. The smallest absolute Gasteiger partial charge is 0.233 e. The lowest BCUT2D eigenvalue weighted by Crippen LogP contribution is -2.14. The second kappa shape index (κ2) is 6.54. The number of hydrogen-bond donors (Lipinski definition) is 0. The minimum Gasteiger partial charge on any atom is -0.496 e. The van der Waals surface area contributed by atoms with Crippen molar-refractivity contribution in [2.75, 3.05) is 7.11 Å². The Bertz CT molecular complexity index is 806. The molecule has 0 saturated heterocycles. The van der Waals surface area contributed by atoms with E-state index in [1.54, 1.807) is 32.2 Å². The Morgan fingerprint density at radius 1 is 1.09 bits per heavy atom. The minimum atomic E-state index is -0.609. The van der Waals surface area contributed by atoms with Crippen molar-refractivity contribution < 1.29 is 14.3 Å². The minimum absolute atomic E-state index is 0.248. The van der Waals surface area contributed by atoms with Crippen LogP contribution in [-0.2, 0) is 0 Å². The summed E-state index contributed by atoms with van der Waals surface area (Å²) in [5.41, 5.74) is 1.74. The number of aryl methyl sites for hydroxylation is 1. The Hall–Kier alpha value is -2.45. The number of benzene rings is 2. The van der Waals surface area contributed by atoms with Crippen LogP contribution in [0.3, 0.4) is 0 Å². The number of Topliss-reactive ketones (excluding diaryl/α,β-unsaturated/α-hetero) is 2. The zero-order valence-electron chi connectivity index (χ0n) is 12.0. The number of methoxy groups -OCH3 is 1. The van der Waals surface area contributed by atoms with Crippen LogP contribution in [0.4, 0.5) is 5.69 Å². The second-order valence-corrected chi connectivity index (χ2v) is 5.47. The molecular formula is C17H12BrNO3. The number of halogens is 1. The molecule has 5 heteroatoms. The summed E-state index contributed by atoms with van der Waals surface area (Å²) in [4.78, 5) is 27.9. The molecule has 0 aliphatic carbocycles. The molecule has 0 bridgehead atoms. The van der Waals surface area contributed by atoms with Crippen molar-refractivity contribution in [2.45, 2.75) is 6.92 Å². The van der Waals surface area contributed by atoms with Gasteiger partial charge in [0.1, 0.15) is 5.75 Å². The van der Waals surface area contributed by atoms with E-state index >= 15 is 0 Å². The van der Waals surface area contributed by atoms with Gasteiger partial charge in [0, 0.05) is 15.6 Å². The van der Waals surface area contributed by atoms with Crippen LogP contribution in [0.1, 0.15) is 26.3 Å². The van der Waals surface area contributed by atoms with E-state index in [1.807, 2.05) is 0 Å². The fourth-order valence-electron chi connectivity index (χ4n) is 2.02. The first-order valence-electron chi connectivity index (χ1n) is 6.38. The van der Waals surface area contributed by atoms with Crippen molar-refractivity contribution >= 4 is 33.2 Å². The third-order valence-electron chi connectivity index (χ3n) is 3.19. The third-order valence-corrected chi connectivity index (χ3v) is 3.83. The van der Waals surface area contributed by atoms with E-state index in [9.17, 15) is 9.59 Å². The Morgan fingerprint density at radius 2 is 1.68 bits per heavy atom. The average molecular weight is 358 g/mol. The molecule has 2 aromatic rings. The summed E-state index contributed by atoms with van der Waals surface area (Å²) < 4.78 is 5.63. The molecule has 110 valence electrons. The van der Waals surface area contributed by atoms with Crippen LogP contribution in [-0.4, -0.2) is 18.7 Å². The zero-order valence-corrected chi connectivity index (χ0v) is 13.6. The van der Waals surface area contributed by atoms with E-state index in [4.69, 9.17) is 11.3 Å². The lowest BCUT2D eigenvalue weighted by molar-refractivity contribution is 0.0817. The first kappa shape index (κ1) is 15.9. The van der Waals surface area contributed by atoms with Gasteiger partial charge in [-0.05, 0) is 36.8 Å². The molecule has 0 radical (unpaired) electrons. The van der Waals surface area contributed by atoms with Crippen LogP contribution >= 0.6 is 15.9 Å². The summed E-state index contributed by atoms with van der Waals surface area (Å²) in [6.45, 7) is 8.78. The van der Waals surface area contributed by atoms with Crippen molar-refractivity contribution in [3.05, 3.63) is 69.0 Å². The molecule has 0 unspecified atom stereocenters. The number of nitrogens with zero attached hydrogens (tertiary/aromatic N) is 1. The highest BCUT2D eigenvalue weighted by Crippen LogP contribution is 2.27. The fourth-order valence-corrected chi connectivity index (χ4v) is 2.49. The van der Waals surface area contributed by atoms with Crippen molar-refractivity contribution in [3.8, 4) is 5.75 Å². The van der Waals surface area contributed by atoms with Crippen molar-refractivity contribution in [1.29, 1.82) is 0 Å². The molecule has 0 aliphatic rings. The van der Waals surface area contributed by atoms with Gasteiger partial charge in [-0.15, -0.1) is 0 Å². The molecular weight excluding hydrogens is 346 g/mol. The summed E-state index contributed by atoms with van der Waals surface area (Å²) in [6.07, 6.45) is 0. The molecule has 0 saturated carbocycles. The van der Waals surface area contributed by atoms with Crippen molar-refractivity contribution in [1.82, 2.24) is 0 Å². The molecule has 2 aromatic carbocycles. The van der Waals surface area contributed by atoms with Gasteiger partial charge in [0.25, 0.3) is 0 Å². The molecule has 0 N–H and O–H groups in total. The highest BCUT2D eigenvalue weighted by atomic mass is 79.9. The summed E-state index contributed by atoms with van der Waals surface area (Å²) in [5, 5.41) is 0. The maximum absolute atomic E-state index is 12.3. The SMILES string of the molecule is [C-]#[N+]c1ccc(C(=O)C(=O)c2ccc(OC)c(C)c2)cc1Br. The van der Waals surface area contributed by atoms with Gasteiger partial charge in [0.2, 0.25) is 17.3 Å². The van der Waals surface area contributed by atoms with E-state index in [0.717, 1.165) is 5.56 Å². The third kappa shape index (κ3) is 3.07. The summed E-state index contributed by atoms with van der Waals surface area (Å²) in [6, 6.07) is 9.33. The van der Waals surface area contributed by atoms with Crippen LogP contribution in [0.5, 0.6) is 5.75 Å². The number of hydrogen-bond acceptors (Lipinski definition) is 3. The first-order chi connectivity index (χ1) is 10.5. The molecule has 0 amide bonds. The van der Waals surface area contributed by atoms with E-state index in [0.29, 0.717) is 21.5 Å². The molecule has 4 nitrogen and oxygen atoms in total. The van der Waals surface area contributed by atoms with Crippen LogP contribution in [0.15, 0.2) is 40.9 Å². The van der Waals surface area contributed by atoms with Crippen molar-refractivity contribution in [3.63, 3.8) is 0 Å². The van der Waals surface area contributed by atoms with Crippen LogP contribution in [0.25, 0.3) is 4.85 Å². The zero-order chi connectivity index (χ0) is 16.3. The summed E-state index contributed by atoms with van der Waals surface area (Å²) in [5.74, 6) is -0.539. The normalized spacial score (nSPS) is 9.91. The number of rotatable bonds is 4. The Balaban J connectivity index is 2.33. The number of carbonyl (C=O) groups excluding carboxylic acids is 2. The maximum atomic E-state index is 12.3. The Labute approximate surface area is 136 Å². The summed E-state index contributed by atoms with van der Waals surface area (Å²) >= 11 is 3.22. The van der Waals surface area contributed by atoms with Crippen LogP contribution < -0.4 is 4.74 Å². The van der Waals surface area contributed by atoms with Gasteiger partial charge < -0.3 is 4.74 Å². The van der Waals surface area contributed by atoms with Gasteiger partial charge in [-0.2, -0.15) is 0 Å². The monoisotopic (exact) mass is 357 g/mol. The van der Waals surface area contributed by atoms with Gasteiger partial charge in [-0.25, -0.2) is 4.85 Å². The van der Waals surface area contributed by atoms with E-state index in [1.165, 1.54) is 18.2 Å². The maximum Gasteiger partial charge on any atom is 0.233 e. The highest BCUT2D eigenvalue weighted by molar-refractivity contribution is 9.10. The molecule has 2 rings (SSSR count). The van der Waals surface area contributed by atoms with Gasteiger partial charge in [-0.3, -0.25) is 9.59 Å². The Morgan fingerprint density at radius 3 is 2.18 bits per heavy atom. The van der Waals surface area contributed by atoms with Gasteiger partial charge >= 0.3 is 0 Å². The topological polar surface area (TPSA) is 47.7 Å². The molecule has 0 spiro atoms. The van der Waals surface area contributed by atoms with Crippen LogP contribution in [0, 0.1) is 13.5 Å². The lowest BCUT2D eigenvalue weighted by atomic mass is 10.00. The summed E-state index contributed by atoms with van der Waals surface area (Å²) in [7, 11) is 1.55. The predicted molar refractivity (Wildman–Crippen MR) is 86.8 cm³/mol. The molecule has 0 fully saturated rings.